The number of amides is 3. The SMILES string of the molecule is O=C(NNC1CC(=O)N(c2ccccc2)C1=O)c1ccncc1. The summed E-state index contributed by atoms with van der Waals surface area (Å²) in [4.78, 5) is 41.3. The Morgan fingerprint density at radius 2 is 1.78 bits per heavy atom. The molecule has 116 valence electrons. The summed E-state index contributed by atoms with van der Waals surface area (Å²) in [6.07, 6.45) is 2.98. The quantitative estimate of drug-likeness (QED) is 0.639. The third kappa shape index (κ3) is 3.09. The van der Waals surface area contributed by atoms with Crippen molar-refractivity contribution in [3.63, 3.8) is 0 Å². The van der Waals surface area contributed by atoms with E-state index in [-0.39, 0.29) is 12.3 Å². The molecule has 7 nitrogen and oxygen atoms in total. The van der Waals surface area contributed by atoms with Gasteiger partial charge in [-0.15, -0.1) is 0 Å². The van der Waals surface area contributed by atoms with Crippen molar-refractivity contribution < 1.29 is 14.4 Å². The van der Waals surface area contributed by atoms with Crippen LogP contribution in [0, 0.1) is 0 Å². The van der Waals surface area contributed by atoms with Crippen LogP contribution in [0.25, 0.3) is 0 Å². The minimum atomic E-state index is -0.784. The highest BCUT2D eigenvalue weighted by Gasteiger charge is 2.39. The standard InChI is InChI=1S/C16H14N4O3/c21-14-10-13(16(23)20(14)12-4-2-1-3-5-12)18-19-15(22)11-6-8-17-9-7-11/h1-9,13,18H,10H2,(H,19,22). The van der Waals surface area contributed by atoms with E-state index >= 15 is 0 Å². The minimum absolute atomic E-state index is 0.00957. The second-order valence-electron chi connectivity index (χ2n) is 4.99. The zero-order chi connectivity index (χ0) is 16.2. The largest absolute Gasteiger partial charge is 0.287 e. The second kappa shape index (κ2) is 6.37. The summed E-state index contributed by atoms with van der Waals surface area (Å²) >= 11 is 0. The number of anilines is 1. The van der Waals surface area contributed by atoms with Crippen LogP contribution >= 0.6 is 0 Å². The van der Waals surface area contributed by atoms with Gasteiger partial charge in [0.05, 0.1) is 12.1 Å². The number of pyridine rings is 1. The molecule has 2 aromatic rings. The summed E-state index contributed by atoms with van der Waals surface area (Å²) in [5.41, 5.74) is 6.00. The maximum absolute atomic E-state index is 12.3. The topological polar surface area (TPSA) is 91.4 Å². The zero-order valence-corrected chi connectivity index (χ0v) is 12.1. The number of imide groups is 1. The van der Waals surface area contributed by atoms with Crippen LogP contribution in [0.5, 0.6) is 0 Å². The lowest BCUT2D eigenvalue weighted by atomic mass is 10.2. The number of benzene rings is 1. The first kappa shape index (κ1) is 14.9. The molecule has 3 rings (SSSR count). The van der Waals surface area contributed by atoms with Crippen molar-refractivity contribution in [1.29, 1.82) is 0 Å². The highest BCUT2D eigenvalue weighted by molar-refractivity contribution is 6.22. The molecule has 1 saturated heterocycles. The van der Waals surface area contributed by atoms with E-state index in [0.29, 0.717) is 11.3 Å². The van der Waals surface area contributed by atoms with Gasteiger partial charge < -0.3 is 0 Å². The molecule has 1 fully saturated rings. The molecule has 1 aliphatic rings. The average Bonchev–Trinajstić information content (AvgIpc) is 2.88. The van der Waals surface area contributed by atoms with Gasteiger partial charge in [-0.05, 0) is 24.3 Å². The molecule has 1 unspecified atom stereocenters. The molecule has 2 heterocycles. The van der Waals surface area contributed by atoms with Crippen LogP contribution < -0.4 is 15.8 Å². The van der Waals surface area contributed by atoms with Crippen molar-refractivity contribution in [2.45, 2.75) is 12.5 Å². The summed E-state index contributed by atoms with van der Waals surface area (Å²) in [7, 11) is 0. The summed E-state index contributed by atoms with van der Waals surface area (Å²) < 4.78 is 0. The minimum Gasteiger partial charge on any atom is -0.287 e. The lowest BCUT2D eigenvalue weighted by Crippen LogP contribution is -2.48. The first-order valence-corrected chi connectivity index (χ1v) is 7.04. The van der Waals surface area contributed by atoms with Crippen molar-refractivity contribution >= 4 is 23.4 Å². The van der Waals surface area contributed by atoms with Crippen molar-refractivity contribution in [3.8, 4) is 0 Å². The average molecular weight is 310 g/mol. The molecule has 0 saturated carbocycles. The Balaban J connectivity index is 1.65. The Morgan fingerprint density at radius 3 is 2.48 bits per heavy atom. The van der Waals surface area contributed by atoms with Crippen LogP contribution in [-0.4, -0.2) is 28.7 Å². The zero-order valence-electron chi connectivity index (χ0n) is 12.1. The lowest BCUT2D eigenvalue weighted by Gasteiger charge is -2.15. The number of carbonyl (C=O) groups is 3. The van der Waals surface area contributed by atoms with Crippen molar-refractivity contribution in [2.75, 3.05) is 4.90 Å². The smallest absolute Gasteiger partial charge is 0.265 e. The lowest BCUT2D eigenvalue weighted by molar-refractivity contribution is -0.121. The Morgan fingerprint density at radius 1 is 1.09 bits per heavy atom. The maximum Gasteiger partial charge on any atom is 0.265 e. The Labute approximate surface area is 132 Å². The fourth-order valence-electron chi connectivity index (χ4n) is 2.32. The number of nitrogens with zero attached hydrogens (tertiary/aromatic N) is 2. The van der Waals surface area contributed by atoms with Crippen molar-refractivity contribution in [3.05, 3.63) is 60.4 Å². The van der Waals surface area contributed by atoms with Crippen LogP contribution in [0.3, 0.4) is 0 Å². The molecule has 7 heteroatoms. The maximum atomic E-state index is 12.3. The van der Waals surface area contributed by atoms with E-state index in [9.17, 15) is 14.4 Å². The molecule has 1 aromatic carbocycles. The third-order valence-corrected chi connectivity index (χ3v) is 3.46. The molecule has 1 aromatic heterocycles. The highest BCUT2D eigenvalue weighted by Crippen LogP contribution is 2.22. The first-order valence-electron chi connectivity index (χ1n) is 7.04. The van der Waals surface area contributed by atoms with Crippen LogP contribution in [0.15, 0.2) is 54.9 Å². The predicted octanol–water partition coefficient (Wildman–Crippen LogP) is 0.648. The first-order chi connectivity index (χ1) is 11.2. The van der Waals surface area contributed by atoms with Gasteiger partial charge in [-0.2, -0.15) is 0 Å². The van der Waals surface area contributed by atoms with Gasteiger partial charge in [-0.1, -0.05) is 18.2 Å². The fourth-order valence-corrected chi connectivity index (χ4v) is 2.32. The summed E-state index contributed by atoms with van der Waals surface area (Å²) in [6, 6.07) is 11.0. The van der Waals surface area contributed by atoms with Crippen molar-refractivity contribution in [1.82, 2.24) is 15.8 Å². The molecule has 0 bridgehead atoms. The fraction of sp³-hybridized carbons (Fsp3) is 0.125. The van der Waals surface area contributed by atoms with E-state index < -0.39 is 17.9 Å². The Hall–Kier alpha value is -3.06. The molecule has 0 radical (unpaired) electrons. The molecule has 1 aliphatic heterocycles. The van der Waals surface area contributed by atoms with Crippen LogP contribution in [-0.2, 0) is 9.59 Å². The molecule has 0 aliphatic carbocycles. The van der Waals surface area contributed by atoms with Crippen LogP contribution in [0.4, 0.5) is 5.69 Å². The molecular formula is C16H14N4O3. The number of aromatic nitrogens is 1. The summed E-state index contributed by atoms with van der Waals surface area (Å²) in [6.45, 7) is 0. The summed E-state index contributed by atoms with van der Waals surface area (Å²) in [5.74, 6) is -1.10. The Kier molecular flexibility index (Phi) is 4.11. The number of hydrogen-bond acceptors (Lipinski definition) is 5. The number of para-hydroxylation sites is 1. The normalized spacial score (nSPS) is 17.4. The molecule has 23 heavy (non-hydrogen) atoms. The predicted molar refractivity (Wildman–Crippen MR) is 82.2 cm³/mol. The van der Waals surface area contributed by atoms with Gasteiger partial charge in [-0.25, -0.2) is 10.3 Å². The number of carbonyl (C=O) groups excluding carboxylic acids is 3. The van der Waals surface area contributed by atoms with Gasteiger partial charge in [0.25, 0.3) is 11.8 Å². The molecular weight excluding hydrogens is 296 g/mol. The van der Waals surface area contributed by atoms with Crippen molar-refractivity contribution in [2.24, 2.45) is 0 Å². The van der Waals surface area contributed by atoms with E-state index in [0.717, 1.165) is 4.90 Å². The Bertz CT molecular complexity index is 734. The summed E-state index contributed by atoms with van der Waals surface area (Å²) in [5, 5.41) is 0. The monoisotopic (exact) mass is 310 g/mol. The van der Waals surface area contributed by atoms with E-state index in [2.05, 4.69) is 15.8 Å². The number of hydrogen-bond donors (Lipinski definition) is 2. The second-order valence-corrected chi connectivity index (χ2v) is 4.99. The molecule has 3 amide bonds. The molecule has 2 N–H and O–H groups in total. The van der Waals surface area contributed by atoms with Crippen LogP contribution in [0.2, 0.25) is 0 Å². The third-order valence-electron chi connectivity index (χ3n) is 3.46. The number of hydrazine groups is 1. The molecule has 0 spiro atoms. The van der Waals surface area contributed by atoms with Gasteiger partial charge in [-0.3, -0.25) is 24.8 Å². The number of rotatable bonds is 4. The van der Waals surface area contributed by atoms with E-state index in [4.69, 9.17) is 0 Å². The van der Waals surface area contributed by atoms with Crippen LogP contribution in [0.1, 0.15) is 16.8 Å². The highest BCUT2D eigenvalue weighted by atomic mass is 16.2. The van der Waals surface area contributed by atoms with Gasteiger partial charge in [0.2, 0.25) is 5.91 Å². The van der Waals surface area contributed by atoms with E-state index in [1.165, 1.54) is 12.4 Å². The molecule has 1 atom stereocenters. The van der Waals surface area contributed by atoms with E-state index in [1.807, 2.05) is 0 Å². The number of nitrogens with one attached hydrogen (secondary N) is 2. The van der Waals surface area contributed by atoms with Gasteiger partial charge >= 0.3 is 0 Å². The van der Waals surface area contributed by atoms with Gasteiger partial charge in [0.1, 0.15) is 6.04 Å². The van der Waals surface area contributed by atoms with Gasteiger partial charge in [0, 0.05) is 18.0 Å². The van der Waals surface area contributed by atoms with E-state index in [1.54, 1.807) is 42.5 Å². The van der Waals surface area contributed by atoms with Gasteiger partial charge in [0.15, 0.2) is 0 Å².